The standard InChI is InChI=1S/C22H16N4OS/c27-22-25-19(14-7-2-1-3-8-14)18(20(26-22)15-9-6-12-23-13-15)21-24-16-10-4-5-11-17(16)28-21/h1-13,20H,(H2,25,26,27)/t20-/m1/s1. The molecule has 2 aromatic heterocycles. The van der Waals surface area contributed by atoms with Gasteiger partial charge in [0, 0.05) is 18.0 Å². The molecule has 0 bridgehead atoms. The lowest BCUT2D eigenvalue weighted by molar-refractivity contribution is 0.242. The highest BCUT2D eigenvalue weighted by atomic mass is 32.1. The molecule has 0 saturated carbocycles. The van der Waals surface area contributed by atoms with E-state index in [2.05, 4.69) is 21.7 Å². The molecule has 28 heavy (non-hydrogen) atoms. The van der Waals surface area contributed by atoms with Crippen molar-refractivity contribution in [2.45, 2.75) is 6.04 Å². The highest BCUT2D eigenvalue weighted by Crippen LogP contribution is 2.40. The van der Waals surface area contributed by atoms with Crippen LogP contribution in [0.3, 0.4) is 0 Å². The first-order chi connectivity index (χ1) is 13.8. The molecule has 3 heterocycles. The van der Waals surface area contributed by atoms with Crippen LogP contribution in [0.25, 0.3) is 21.5 Å². The molecular weight excluding hydrogens is 368 g/mol. The molecule has 0 unspecified atom stereocenters. The summed E-state index contributed by atoms with van der Waals surface area (Å²) in [5.74, 6) is 0. The van der Waals surface area contributed by atoms with Crippen molar-refractivity contribution < 1.29 is 4.79 Å². The molecule has 2 amide bonds. The van der Waals surface area contributed by atoms with Gasteiger partial charge in [0.25, 0.3) is 0 Å². The maximum atomic E-state index is 12.5. The summed E-state index contributed by atoms with van der Waals surface area (Å²) in [5, 5.41) is 6.92. The highest BCUT2D eigenvalue weighted by molar-refractivity contribution is 7.19. The molecule has 5 rings (SSSR count). The fraction of sp³-hybridized carbons (Fsp3) is 0.0455. The average molecular weight is 384 g/mol. The molecule has 1 aliphatic rings. The third-order valence-corrected chi connectivity index (χ3v) is 5.75. The third-order valence-electron chi connectivity index (χ3n) is 4.68. The average Bonchev–Trinajstić information content (AvgIpc) is 3.18. The SMILES string of the molecule is O=C1NC(c2ccccc2)=C(c2nc3ccccc3s2)[C@@H](c2cccnc2)N1. The maximum Gasteiger partial charge on any atom is 0.320 e. The molecule has 2 N–H and O–H groups in total. The highest BCUT2D eigenvalue weighted by Gasteiger charge is 2.32. The summed E-state index contributed by atoms with van der Waals surface area (Å²) >= 11 is 1.62. The molecule has 0 radical (unpaired) electrons. The van der Waals surface area contributed by atoms with Crippen molar-refractivity contribution in [3.05, 3.63) is 95.3 Å². The van der Waals surface area contributed by atoms with Crippen molar-refractivity contribution in [3.8, 4) is 0 Å². The van der Waals surface area contributed by atoms with Crippen molar-refractivity contribution in [3.63, 3.8) is 0 Å². The second-order valence-electron chi connectivity index (χ2n) is 6.46. The zero-order valence-electron chi connectivity index (χ0n) is 14.8. The maximum absolute atomic E-state index is 12.5. The van der Waals surface area contributed by atoms with Crippen molar-refractivity contribution >= 4 is 38.9 Å². The van der Waals surface area contributed by atoms with E-state index in [0.29, 0.717) is 0 Å². The Kier molecular flexibility index (Phi) is 4.10. The van der Waals surface area contributed by atoms with Crippen LogP contribution in [0.1, 0.15) is 22.2 Å². The number of carbonyl (C=O) groups excluding carboxylic acids is 1. The Morgan fingerprint density at radius 2 is 1.75 bits per heavy atom. The molecule has 5 nitrogen and oxygen atoms in total. The molecule has 6 heteroatoms. The van der Waals surface area contributed by atoms with E-state index in [9.17, 15) is 4.79 Å². The van der Waals surface area contributed by atoms with Crippen LogP contribution in [-0.2, 0) is 0 Å². The van der Waals surface area contributed by atoms with Gasteiger partial charge in [0.2, 0.25) is 0 Å². The summed E-state index contributed by atoms with van der Waals surface area (Å²) in [6.45, 7) is 0. The number of hydrogen-bond donors (Lipinski definition) is 2. The van der Waals surface area contributed by atoms with Crippen molar-refractivity contribution in [1.82, 2.24) is 20.6 Å². The number of hydrogen-bond acceptors (Lipinski definition) is 4. The van der Waals surface area contributed by atoms with E-state index in [-0.39, 0.29) is 12.1 Å². The van der Waals surface area contributed by atoms with Gasteiger partial charge in [0.1, 0.15) is 5.01 Å². The van der Waals surface area contributed by atoms with E-state index in [1.807, 2.05) is 60.7 Å². The zero-order valence-corrected chi connectivity index (χ0v) is 15.6. The molecule has 1 aliphatic heterocycles. The monoisotopic (exact) mass is 384 g/mol. The number of thiazole rings is 1. The molecular formula is C22H16N4OS. The van der Waals surface area contributed by atoms with E-state index < -0.39 is 0 Å². The Bertz CT molecular complexity index is 1150. The normalized spacial score (nSPS) is 16.7. The zero-order chi connectivity index (χ0) is 18.9. The van der Waals surface area contributed by atoms with E-state index in [1.54, 1.807) is 23.7 Å². The number of urea groups is 1. The minimum absolute atomic E-state index is 0.238. The van der Waals surface area contributed by atoms with Gasteiger partial charge in [-0.05, 0) is 29.3 Å². The van der Waals surface area contributed by atoms with Gasteiger partial charge < -0.3 is 10.6 Å². The van der Waals surface area contributed by atoms with Gasteiger partial charge in [0.05, 0.1) is 22.0 Å². The Morgan fingerprint density at radius 1 is 0.929 bits per heavy atom. The molecule has 1 atom stereocenters. The minimum atomic E-state index is -0.335. The van der Waals surface area contributed by atoms with Crippen molar-refractivity contribution in [1.29, 1.82) is 0 Å². The van der Waals surface area contributed by atoms with Crippen molar-refractivity contribution in [2.24, 2.45) is 0 Å². The van der Waals surface area contributed by atoms with Gasteiger partial charge in [-0.3, -0.25) is 4.98 Å². The summed E-state index contributed by atoms with van der Waals surface area (Å²) < 4.78 is 1.11. The largest absolute Gasteiger partial charge is 0.327 e. The summed E-state index contributed by atoms with van der Waals surface area (Å²) in [4.78, 5) is 21.6. The fourth-order valence-corrected chi connectivity index (χ4v) is 4.46. The minimum Gasteiger partial charge on any atom is -0.327 e. The topological polar surface area (TPSA) is 66.9 Å². The van der Waals surface area contributed by atoms with Crippen LogP contribution < -0.4 is 10.6 Å². The molecule has 0 fully saturated rings. The van der Waals surface area contributed by atoms with Crippen LogP contribution >= 0.6 is 11.3 Å². The number of fused-ring (bicyclic) bond motifs is 1. The van der Waals surface area contributed by atoms with E-state index in [4.69, 9.17) is 4.98 Å². The first kappa shape index (κ1) is 16.6. The number of para-hydroxylation sites is 1. The van der Waals surface area contributed by atoms with Gasteiger partial charge in [-0.2, -0.15) is 0 Å². The Labute approximate surface area is 165 Å². The van der Waals surface area contributed by atoms with Crippen LogP contribution in [0.5, 0.6) is 0 Å². The van der Waals surface area contributed by atoms with E-state index in [0.717, 1.165) is 37.6 Å². The number of benzene rings is 2. The van der Waals surface area contributed by atoms with Gasteiger partial charge in [0.15, 0.2) is 0 Å². The summed E-state index contributed by atoms with van der Waals surface area (Å²) in [6, 6.07) is 21.2. The number of amides is 2. The van der Waals surface area contributed by atoms with Crippen LogP contribution in [0, 0.1) is 0 Å². The number of pyridine rings is 1. The lowest BCUT2D eigenvalue weighted by atomic mass is 9.94. The van der Waals surface area contributed by atoms with Crippen LogP contribution in [0.15, 0.2) is 79.1 Å². The first-order valence-corrected chi connectivity index (χ1v) is 9.74. The lowest BCUT2D eigenvalue weighted by Gasteiger charge is -2.29. The molecule has 136 valence electrons. The molecule has 0 saturated heterocycles. The lowest BCUT2D eigenvalue weighted by Crippen LogP contribution is -2.43. The van der Waals surface area contributed by atoms with Crippen LogP contribution in [0.4, 0.5) is 4.79 Å². The Balaban J connectivity index is 1.78. The van der Waals surface area contributed by atoms with Crippen LogP contribution in [-0.4, -0.2) is 16.0 Å². The quantitative estimate of drug-likeness (QED) is 0.542. The number of nitrogens with one attached hydrogen (secondary N) is 2. The second kappa shape index (κ2) is 6.90. The molecule has 0 aliphatic carbocycles. The second-order valence-corrected chi connectivity index (χ2v) is 7.49. The number of carbonyl (C=O) groups is 1. The number of rotatable bonds is 3. The van der Waals surface area contributed by atoms with Gasteiger partial charge in [-0.25, -0.2) is 9.78 Å². The van der Waals surface area contributed by atoms with Crippen molar-refractivity contribution in [2.75, 3.05) is 0 Å². The van der Waals surface area contributed by atoms with Crippen LogP contribution in [0.2, 0.25) is 0 Å². The summed E-state index contributed by atoms with van der Waals surface area (Å²) in [7, 11) is 0. The molecule has 4 aromatic rings. The van der Waals surface area contributed by atoms with Gasteiger partial charge >= 0.3 is 6.03 Å². The first-order valence-electron chi connectivity index (χ1n) is 8.92. The molecule has 0 spiro atoms. The summed E-state index contributed by atoms with van der Waals surface area (Å²) in [5.41, 5.74) is 4.53. The Hall–Kier alpha value is -3.51. The summed E-state index contributed by atoms with van der Waals surface area (Å²) in [6.07, 6.45) is 3.51. The van der Waals surface area contributed by atoms with Gasteiger partial charge in [-0.1, -0.05) is 48.5 Å². The molecule has 2 aromatic carbocycles. The number of nitrogens with zero attached hydrogens (tertiary/aromatic N) is 2. The van der Waals surface area contributed by atoms with Gasteiger partial charge in [-0.15, -0.1) is 11.3 Å². The Morgan fingerprint density at radius 3 is 2.54 bits per heavy atom. The predicted molar refractivity (Wildman–Crippen MR) is 112 cm³/mol. The van der Waals surface area contributed by atoms with E-state index in [1.165, 1.54) is 0 Å². The smallest absolute Gasteiger partial charge is 0.320 e. The third kappa shape index (κ3) is 2.93. The van der Waals surface area contributed by atoms with E-state index >= 15 is 0 Å². The fourth-order valence-electron chi connectivity index (χ4n) is 3.41. The number of aromatic nitrogens is 2. The predicted octanol–water partition coefficient (Wildman–Crippen LogP) is 4.61.